The standard InChI is InChI=1S/C14H16N2O3/c1-9-12(8-13(17)18)15-16(2)14(9)10-5-4-6-11(7-10)19-3/h4-7H,8H2,1-3H3,(H,17,18). The Balaban J connectivity index is 2.49. The number of carboxylic acid groups (broad SMARTS) is 1. The molecule has 1 heterocycles. The van der Waals surface area contributed by atoms with Crippen LogP contribution in [-0.2, 0) is 18.3 Å². The van der Waals surface area contributed by atoms with Gasteiger partial charge >= 0.3 is 5.97 Å². The van der Waals surface area contributed by atoms with Gasteiger partial charge in [0.15, 0.2) is 0 Å². The fourth-order valence-corrected chi connectivity index (χ4v) is 2.17. The van der Waals surface area contributed by atoms with E-state index in [1.165, 1.54) is 0 Å². The quantitative estimate of drug-likeness (QED) is 0.913. The maximum atomic E-state index is 10.8. The van der Waals surface area contributed by atoms with Crippen LogP contribution in [0.1, 0.15) is 11.3 Å². The Hall–Kier alpha value is -2.30. The summed E-state index contributed by atoms with van der Waals surface area (Å²) in [5.41, 5.74) is 3.35. The molecular formula is C14H16N2O3. The highest BCUT2D eigenvalue weighted by Gasteiger charge is 2.16. The Kier molecular flexibility index (Phi) is 3.55. The predicted molar refractivity (Wildman–Crippen MR) is 71.3 cm³/mol. The van der Waals surface area contributed by atoms with E-state index in [-0.39, 0.29) is 6.42 Å². The first-order valence-electron chi connectivity index (χ1n) is 5.91. The number of hydrogen-bond donors (Lipinski definition) is 1. The summed E-state index contributed by atoms with van der Waals surface area (Å²) >= 11 is 0. The molecule has 0 aliphatic rings. The van der Waals surface area contributed by atoms with Crippen LogP contribution in [0.4, 0.5) is 0 Å². The van der Waals surface area contributed by atoms with Crippen LogP contribution in [0.2, 0.25) is 0 Å². The molecule has 0 saturated carbocycles. The van der Waals surface area contributed by atoms with Gasteiger partial charge in [-0.1, -0.05) is 12.1 Å². The minimum absolute atomic E-state index is 0.0658. The van der Waals surface area contributed by atoms with Crippen LogP contribution in [0.25, 0.3) is 11.3 Å². The van der Waals surface area contributed by atoms with Gasteiger partial charge in [0.2, 0.25) is 0 Å². The molecule has 2 aromatic rings. The molecular weight excluding hydrogens is 244 g/mol. The number of aryl methyl sites for hydroxylation is 1. The van der Waals surface area contributed by atoms with Gasteiger partial charge in [0.25, 0.3) is 0 Å². The fourth-order valence-electron chi connectivity index (χ4n) is 2.17. The zero-order valence-electron chi connectivity index (χ0n) is 11.2. The molecule has 1 aromatic heterocycles. The minimum Gasteiger partial charge on any atom is -0.497 e. The van der Waals surface area contributed by atoms with Crippen molar-refractivity contribution in [2.24, 2.45) is 7.05 Å². The van der Waals surface area contributed by atoms with E-state index in [2.05, 4.69) is 5.10 Å². The molecule has 2 rings (SSSR count). The zero-order chi connectivity index (χ0) is 14.0. The van der Waals surface area contributed by atoms with Crippen molar-refractivity contribution in [3.8, 4) is 17.0 Å². The van der Waals surface area contributed by atoms with Gasteiger partial charge in [-0.15, -0.1) is 0 Å². The first-order valence-corrected chi connectivity index (χ1v) is 5.91. The SMILES string of the molecule is COc1cccc(-c2c(C)c(CC(=O)O)nn2C)c1. The van der Waals surface area contributed by atoms with Gasteiger partial charge in [-0.05, 0) is 24.6 Å². The number of rotatable bonds is 4. The topological polar surface area (TPSA) is 64.3 Å². The summed E-state index contributed by atoms with van der Waals surface area (Å²) in [6.45, 7) is 1.89. The van der Waals surface area contributed by atoms with Crippen LogP contribution >= 0.6 is 0 Å². The molecule has 1 N–H and O–H groups in total. The molecule has 100 valence electrons. The summed E-state index contributed by atoms with van der Waals surface area (Å²) in [4.78, 5) is 10.8. The lowest BCUT2D eigenvalue weighted by Gasteiger charge is -2.06. The third-order valence-electron chi connectivity index (χ3n) is 3.04. The van der Waals surface area contributed by atoms with E-state index in [9.17, 15) is 4.79 Å². The van der Waals surface area contributed by atoms with Gasteiger partial charge in [0.05, 0.1) is 24.9 Å². The third-order valence-corrected chi connectivity index (χ3v) is 3.04. The van der Waals surface area contributed by atoms with Crippen molar-refractivity contribution in [2.75, 3.05) is 7.11 Å². The molecule has 0 bridgehead atoms. The molecule has 5 heteroatoms. The van der Waals surface area contributed by atoms with E-state index in [1.807, 2.05) is 38.2 Å². The smallest absolute Gasteiger partial charge is 0.309 e. The predicted octanol–water partition coefficient (Wildman–Crippen LogP) is 2.03. The van der Waals surface area contributed by atoms with E-state index >= 15 is 0 Å². The maximum Gasteiger partial charge on any atom is 0.309 e. The molecule has 0 unspecified atom stereocenters. The highest BCUT2D eigenvalue weighted by molar-refractivity contribution is 5.73. The van der Waals surface area contributed by atoms with Crippen molar-refractivity contribution in [2.45, 2.75) is 13.3 Å². The molecule has 0 saturated heterocycles. The number of nitrogens with zero attached hydrogens (tertiary/aromatic N) is 2. The number of benzene rings is 1. The van der Waals surface area contributed by atoms with E-state index in [1.54, 1.807) is 11.8 Å². The van der Waals surface area contributed by atoms with Crippen molar-refractivity contribution < 1.29 is 14.6 Å². The Bertz CT molecular complexity index is 617. The van der Waals surface area contributed by atoms with Gasteiger partial charge in [0, 0.05) is 12.6 Å². The van der Waals surface area contributed by atoms with Crippen molar-refractivity contribution in [1.29, 1.82) is 0 Å². The number of aromatic nitrogens is 2. The fraction of sp³-hybridized carbons (Fsp3) is 0.286. The average molecular weight is 260 g/mol. The zero-order valence-corrected chi connectivity index (χ0v) is 11.2. The number of hydrogen-bond acceptors (Lipinski definition) is 3. The van der Waals surface area contributed by atoms with Crippen LogP contribution in [0.15, 0.2) is 24.3 Å². The normalized spacial score (nSPS) is 10.5. The first-order chi connectivity index (χ1) is 9.02. The summed E-state index contributed by atoms with van der Waals surface area (Å²) in [5.74, 6) is -0.115. The van der Waals surface area contributed by atoms with Crippen molar-refractivity contribution in [1.82, 2.24) is 9.78 Å². The molecule has 0 atom stereocenters. The molecule has 0 fully saturated rings. The van der Waals surface area contributed by atoms with Crippen LogP contribution in [0.5, 0.6) is 5.75 Å². The van der Waals surface area contributed by atoms with E-state index in [0.717, 1.165) is 22.6 Å². The second kappa shape index (κ2) is 5.14. The van der Waals surface area contributed by atoms with Crippen LogP contribution in [0.3, 0.4) is 0 Å². The lowest BCUT2D eigenvalue weighted by atomic mass is 10.1. The second-order valence-electron chi connectivity index (χ2n) is 4.35. The van der Waals surface area contributed by atoms with Gasteiger partial charge in [0.1, 0.15) is 5.75 Å². The molecule has 0 aliphatic heterocycles. The molecule has 1 aromatic carbocycles. The van der Waals surface area contributed by atoms with Gasteiger partial charge in [-0.3, -0.25) is 9.48 Å². The van der Waals surface area contributed by atoms with Gasteiger partial charge in [-0.25, -0.2) is 0 Å². The van der Waals surface area contributed by atoms with Gasteiger partial charge < -0.3 is 9.84 Å². The monoisotopic (exact) mass is 260 g/mol. The Labute approximate surface area is 111 Å². The van der Waals surface area contributed by atoms with Crippen molar-refractivity contribution >= 4 is 5.97 Å². The third kappa shape index (κ3) is 2.59. The highest BCUT2D eigenvalue weighted by atomic mass is 16.5. The molecule has 0 amide bonds. The Morgan fingerprint density at radius 3 is 2.84 bits per heavy atom. The Morgan fingerprint density at radius 1 is 1.47 bits per heavy atom. The molecule has 0 aliphatic carbocycles. The lowest BCUT2D eigenvalue weighted by Crippen LogP contribution is -2.02. The van der Waals surface area contributed by atoms with Crippen molar-refractivity contribution in [3.05, 3.63) is 35.5 Å². The summed E-state index contributed by atoms with van der Waals surface area (Å²) in [6.07, 6.45) is -0.0658. The van der Waals surface area contributed by atoms with E-state index in [4.69, 9.17) is 9.84 Å². The highest BCUT2D eigenvalue weighted by Crippen LogP contribution is 2.28. The van der Waals surface area contributed by atoms with E-state index in [0.29, 0.717) is 5.69 Å². The molecule has 19 heavy (non-hydrogen) atoms. The number of ether oxygens (including phenoxy) is 1. The summed E-state index contributed by atoms with van der Waals surface area (Å²) in [6, 6.07) is 7.64. The molecule has 0 spiro atoms. The average Bonchev–Trinajstić information content (AvgIpc) is 2.64. The summed E-state index contributed by atoms with van der Waals surface area (Å²) in [5, 5.41) is 13.2. The largest absolute Gasteiger partial charge is 0.497 e. The summed E-state index contributed by atoms with van der Waals surface area (Å²) < 4.78 is 6.91. The van der Waals surface area contributed by atoms with Crippen LogP contribution in [-0.4, -0.2) is 28.0 Å². The number of carboxylic acids is 1. The second-order valence-corrected chi connectivity index (χ2v) is 4.35. The number of methoxy groups -OCH3 is 1. The maximum absolute atomic E-state index is 10.8. The summed E-state index contributed by atoms with van der Waals surface area (Å²) in [7, 11) is 3.43. The van der Waals surface area contributed by atoms with Crippen LogP contribution in [0, 0.1) is 6.92 Å². The van der Waals surface area contributed by atoms with E-state index < -0.39 is 5.97 Å². The minimum atomic E-state index is -0.876. The first kappa shape index (κ1) is 13.1. The molecule has 0 radical (unpaired) electrons. The number of carbonyl (C=O) groups is 1. The number of aliphatic carboxylic acids is 1. The van der Waals surface area contributed by atoms with Crippen LogP contribution < -0.4 is 4.74 Å². The lowest BCUT2D eigenvalue weighted by molar-refractivity contribution is -0.136. The molecule has 5 nitrogen and oxygen atoms in total. The van der Waals surface area contributed by atoms with Gasteiger partial charge in [-0.2, -0.15) is 5.10 Å². The Morgan fingerprint density at radius 2 is 2.21 bits per heavy atom. The van der Waals surface area contributed by atoms with Crippen molar-refractivity contribution in [3.63, 3.8) is 0 Å².